The van der Waals surface area contributed by atoms with Crippen LogP contribution in [-0.2, 0) is 11.2 Å². The van der Waals surface area contributed by atoms with Crippen LogP contribution in [0.25, 0.3) is 11.4 Å². The largest absolute Gasteiger partial charge is 0.342 e. The van der Waals surface area contributed by atoms with Crippen LogP contribution in [0.3, 0.4) is 0 Å². The minimum atomic E-state index is 0.265. The maximum Gasteiger partial charge on any atom is 0.227 e. The van der Waals surface area contributed by atoms with Crippen molar-refractivity contribution in [1.29, 1.82) is 0 Å². The van der Waals surface area contributed by atoms with Crippen LogP contribution in [-0.4, -0.2) is 34.0 Å². The van der Waals surface area contributed by atoms with E-state index < -0.39 is 0 Å². The zero-order chi connectivity index (χ0) is 17.1. The molecule has 134 valence electrons. The second kappa shape index (κ2) is 7.68. The third kappa shape index (κ3) is 3.94. The molecule has 1 saturated heterocycles. The molecule has 5 nitrogen and oxygen atoms in total. The first-order chi connectivity index (χ1) is 12.3. The van der Waals surface area contributed by atoms with Crippen molar-refractivity contribution in [2.24, 2.45) is 11.8 Å². The number of hydrogen-bond acceptors (Lipinski definition) is 5. The molecule has 25 heavy (non-hydrogen) atoms. The van der Waals surface area contributed by atoms with E-state index in [2.05, 4.69) is 15.0 Å². The van der Waals surface area contributed by atoms with Gasteiger partial charge in [-0.2, -0.15) is 16.3 Å². The van der Waals surface area contributed by atoms with Crippen molar-refractivity contribution in [3.63, 3.8) is 0 Å². The maximum absolute atomic E-state index is 12.8. The third-order valence-electron chi connectivity index (χ3n) is 5.50. The quantitative estimate of drug-likeness (QED) is 0.822. The molecule has 0 spiro atoms. The lowest BCUT2D eigenvalue weighted by Crippen LogP contribution is -2.43. The van der Waals surface area contributed by atoms with Crippen molar-refractivity contribution in [3.05, 3.63) is 22.7 Å². The molecule has 2 aliphatic rings. The van der Waals surface area contributed by atoms with Gasteiger partial charge in [-0.25, -0.2) is 0 Å². The van der Waals surface area contributed by atoms with Crippen molar-refractivity contribution in [1.82, 2.24) is 15.0 Å². The van der Waals surface area contributed by atoms with Gasteiger partial charge in [-0.1, -0.05) is 24.4 Å². The summed E-state index contributed by atoms with van der Waals surface area (Å²) >= 11 is 1.63. The molecule has 1 aliphatic heterocycles. The number of rotatable bonds is 4. The van der Waals surface area contributed by atoms with Crippen LogP contribution in [0.5, 0.6) is 0 Å². The van der Waals surface area contributed by atoms with E-state index in [1.807, 2.05) is 16.8 Å². The van der Waals surface area contributed by atoms with Crippen LogP contribution in [0.1, 0.15) is 50.8 Å². The van der Waals surface area contributed by atoms with Gasteiger partial charge in [0.2, 0.25) is 17.6 Å². The fourth-order valence-electron chi connectivity index (χ4n) is 4.13. The van der Waals surface area contributed by atoms with Gasteiger partial charge in [0.15, 0.2) is 0 Å². The number of hydrogen-bond donors (Lipinski definition) is 0. The summed E-state index contributed by atoms with van der Waals surface area (Å²) in [7, 11) is 0. The highest BCUT2D eigenvalue weighted by molar-refractivity contribution is 7.08. The number of thiophene rings is 1. The number of nitrogens with zero attached hydrogens (tertiary/aromatic N) is 3. The molecular weight excluding hydrogens is 334 g/mol. The lowest BCUT2D eigenvalue weighted by Gasteiger charge is -2.35. The number of piperidine rings is 1. The fourth-order valence-corrected chi connectivity index (χ4v) is 4.77. The normalized spacial score (nSPS) is 22.2. The maximum atomic E-state index is 12.8. The topological polar surface area (TPSA) is 59.2 Å². The first kappa shape index (κ1) is 16.8. The Balaban J connectivity index is 1.36. The molecule has 0 N–H and O–H groups in total. The summed E-state index contributed by atoms with van der Waals surface area (Å²) < 4.78 is 5.44. The molecule has 1 unspecified atom stereocenters. The van der Waals surface area contributed by atoms with E-state index >= 15 is 0 Å². The van der Waals surface area contributed by atoms with Crippen molar-refractivity contribution in [3.8, 4) is 11.4 Å². The minimum Gasteiger partial charge on any atom is -0.342 e. The van der Waals surface area contributed by atoms with Gasteiger partial charge in [0.1, 0.15) is 0 Å². The van der Waals surface area contributed by atoms with E-state index in [4.69, 9.17) is 4.52 Å². The van der Waals surface area contributed by atoms with Crippen LogP contribution in [0, 0.1) is 11.8 Å². The highest BCUT2D eigenvalue weighted by atomic mass is 32.1. The summed E-state index contributed by atoms with van der Waals surface area (Å²) in [6, 6.07) is 2.00. The van der Waals surface area contributed by atoms with Gasteiger partial charge in [-0.05, 0) is 43.0 Å². The number of aromatic nitrogens is 2. The Morgan fingerprint density at radius 1 is 1.24 bits per heavy atom. The Morgan fingerprint density at radius 3 is 2.92 bits per heavy atom. The Labute approximate surface area is 152 Å². The van der Waals surface area contributed by atoms with E-state index in [-0.39, 0.29) is 5.92 Å². The molecular formula is C19H25N3O2S. The molecule has 4 rings (SSSR count). The number of carbonyl (C=O) groups is 1. The van der Waals surface area contributed by atoms with Crippen molar-refractivity contribution >= 4 is 17.2 Å². The highest BCUT2D eigenvalue weighted by Gasteiger charge is 2.30. The number of likely N-dealkylation sites (tertiary alicyclic amines) is 1. The van der Waals surface area contributed by atoms with Crippen LogP contribution in [0.15, 0.2) is 21.3 Å². The molecule has 2 aromatic heterocycles. The molecule has 0 aromatic carbocycles. The summed E-state index contributed by atoms with van der Waals surface area (Å²) in [6.45, 7) is 1.75. The Bertz CT molecular complexity index is 691. The average molecular weight is 359 g/mol. The molecule has 3 heterocycles. The average Bonchev–Trinajstić information content (AvgIpc) is 3.34. The predicted molar refractivity (Wildman–Crippen MR) is 97.2 cm³/mol. The second-order valence-corrected chi connectivity index (χ2v) is 8.14. The Hall–Kier alpha value is -1.69. The Morgan fingerprint density at radius 2 is 2.12 bits per heavy atom. The highest BCUT2D eigenvalue weighted by Crippen LogP contribution is 2.28. The first-order valence-electron chi connectivity index (χ1n) is 9.43. The Kier molecular flexibility index (Phi) is 5.15. The van der Waals surface area contributed by atoms with Gasteiger partial charge in [0.25, 0.3) is 0 Å². The smallest absolute Gasteiger partial charge is 0.227 e. The second-order valence-electron chi connectivity index (χ2n) is 7.36. The lowest BCUT2D eigenvalue weighted by atomic mass is 9.87. The van der Waals surface area contributed by atoms with E-state index in [1.165, 1.54) is 19.3 Å². The van der Waals surface area contributed by atoms with Crippen LogP contribution in [0.2, 0.25) is 0 Å². The lowest BCUT2D eigenvalue weighted by molar-refractivity contribution is -0.138. The van der Waals surface area contributed by atoms with Gasteiger partial charge in [0.05, 0.1) is 0 Å². The van der Waals surface area contributed by atoms with Crippen molar-refractivity contribution < 1.29 is 9.32 Å². The van der Waals surface area contributed by atoms with E-state index in [0.717, 1.165) is 50.8 Å². The summed E-state index contributed by atoms with van der Waals surface area (Å²) in [6.07, 6.45) is 8.84. The van der Waals surface area contributed by atoms with Gasteiger partial charge in [-0.15, -0.1) is 0 Å². The van der Waals surface area contributed by atoms with E-state index in [0.29, 0.717) is 23.5 Å². The summed E-state index contributed by atoms with van der Waals surface area (Å²) in [5.74, 6) is 2.44. The standard InChI is InChI=1S/C19H25N3O2S/c23-19(15-6-2-1-3-7-15)22-9-4-5-14(12-22)11-17-20-18(21-24-17)16-8-10-25-13-16/h8,10,13-15H,1-7,9,11-12H2. The minimum absolute atomic E-state index is 0.265. The van der Waals surface area contributed by atoms with Crippen LogP contribution in [0.4, 0.5) is 0 Å². The van der Waals surface area contributed by atoms with Crippen LogP contribution >= 0.6 is 11.3 Å². The summed E-state index contributed by atoms with van der Waals surface area (Å²) in [5.41, 5.74) is 1.01. The van der Waals surface area contributed by atoms with E-state index in [1.54, 1.807) is 11.3 Å². The molecule has 1 saturated carbocycles. The fraction of sp³-hybridized carbons (Fsp3) is 0.632. The van der Waals surface area contributed by atoms with Gasteiger partial charge in [0, 0.05) is 36.4 Å². The molecule has 2 aromatic rings. The monoisotopic (exact) mass is 359 g/mol. The molecule has 0 radical (unpaired) electrons. The van der Waals surface area contributed by atoms with Gasteiger partial charge in [-0.3, -0.25) is 4.79 Å². The molecule has 0 bridgehead atoms. The molecule has 1 amide bonds. The molecule has 2 fully saturated rings. The molecule has 1 aliphatic carbocycles. The molecule has 6 heteroatoms. The molecule has 1 atom stereocenters. The number of amides is 1. The first-order valence-corrected chi connectivity index (χ1v) is 10.4. The summed E-state index contributed by atoms with van der Waals surface area (Å²) in [4.78, 5) is 19.4. The third-order valence-corrected chi connectivity index (χ3v) is 6.18. The SMILES string of the molecule is O=C(C1CCCCC1)N1CCCC(Cc2nc(-c3ccsc3)no2)C1. The predicted octanol–water partition coefficient (Wildman–Crippen LogP) is 4.16. The zero-order valence-electron chi connectivity index (χ0n) is 14.5. The number of carbonyl (C=O) groups excluding carboxylic acids is 1. The zero-order valence-corrected chi connectivity index (χ0v) is 15.3. The van der Waals surface area contributed by atoms with Crippen molar-refractivity contribution in [2.45, 2.75) is 51.4 Å². The van der Waals surface area contributed by atoms with Crippen molar-refractivity contribution in [2.75, 3.05) is 13.1 Å². The summed E-state index contributed by atoms with van der Waals surface area (Å²) in [5, 5.41) is 8.13. The van der Waals surface area contributed by atoms with Crippen LogP contribution < -0.4 is 0 Å². The van der Waals surface area contributed by atoms with Gasteiger partial charge >= 0.3 is 0 Å². The van der Waals surface area contributed by atoms with E-state index in [9.17, 15) is 4.79 Å². The van der Waals surface area contributed by atoms with Gasteiger partial charge < -0.3 is 9.42 Å².